The number of hydrogen-bond donors (Lipinski definition) is 1. The van der Waals surface area contributed by atoms with Crippen molar-refractivity contribution >= 4 is 61.3 Å². The third-order valence-electron chi connectivity index (χ3n) is 5.05. The van der Waals surface area contributed by atoms with E-state index in [4.69, 9.17) is 16.3 Å². The quantitative estimate of drug-likeness (QED) is 0.234. The number of benzene rings is 3. The number of fused-ring (bicyclic) bond motifs is 2. The summed E-state index contributed by atoms with van der Waals surface area (Å²) in [4.78, 5) is 25.5. The second kappa shape index (κ2) is 8.73. The van der Waals surface area contributed by atoms with Gasteiger partial charge in [-0.2, -0.15) is 4.80 Å². The number of halogens is 1. The molecule has 0 aliphatic rings. The normalized spacial score (nSPS) is 11.1. The van der Waals surface area contributed by atoms with Crippen LogP contribution >= 0.6 is 22.9 Å². The SMILES string of the molecule is CCOc1ccc(-n2nc3ccc(NC(=O)c4sc5c([N+](=O)[O-])cccc5c4Cl)cc3n2)cc1. The third-order valence-corrected chi connectivity index (χ3v) is 6.79. The smallest absolute Gasteiger partial charge is 0.287 e. The summed E-state index contributed by atoms with van der Waals surface area (Å²) in [6, 6.07) is 17.2. The van der Waals surface area contributed by atoms with E-state index in [1.54, 1.807) is 30.3 Å². The molecule has 2 aromatic heterocycles. The number of nitrogens with zero attached hydrogens (tertiary/aromatic N) is 4. The number of anilines is 1. The van der Waals surface area contributed by atoms with Crippen LogP contribution in [0.5, 0.6) is 5.75 Å². The van der Waals surface area contributed by atoms with Crippen LogP contribution in [0.2, 0.25) is 5.02 Å². The van der Waals surface area contributed by atoms with Crippen LogP contribution in [0, 0.1) is 10.1 Å². The van der Waals surface area contributed by atoms with Crippen LogP contribution in [0.3, 0.4) is 0 Å². The van der Waals surface area contributed by atoms with Crippen LogP contribution in [0.4, 0.5) is 11.4 Å². The van der Waals surface area contributed by atoms with E-state index in [0.29, 0.717) is 33.4 Å². The first-order valence-corrected chi connectivity index (χ1v) is 11.4. The lowest BCUT2D eigenvalue weighted by molar-refractivity contribution is -0.382. The summed E-state index contributed by atoms with van der Waals surface area (Å²) >= 11 is 7.37. The molecule has 9 nitrogen and oxygen atoms in total. The minimum absolute atomic E-state index is 0.0872. The van der Waals surface area contributed by atoms with Gasteiger partial charge in [0.25, 0.3) is 11.6 Å². The zero-order valence-corrected chi connectivity index (χ0v) is 19.3. The Labute approximate surface area is 201 Å². The molecule has 3 aromatic carbocycles. The van der Waals surface area contributed by atoms with Crippen LogP contribution < -0.4 is 10.1 Å². The molecule has 1 amide bonds. The summed E-state index contributed by atoms with van der Waals surface area (Å²) in [5, 5.41) is 23.7. The van der Waals surface area contributed by atoms with Crippen molar-refractivity contribution in [2.45, 2.75) is 6.92 Å². The van der Waals surface area contributed by atoms with Crippen molar-refractivity contribution in [2.75, 3.05) is 11.9 Å². The first kappa shape index (κ1) is 21.8. The molecule has 0 saturated heterocycles. The number of rotatable bonds is 6. The highest BCUT2D eigenvalue weighted by molar-refractivity contribution is 7.22. The van der Waals surface area contributed by atoms with Crippen molar-refractivity contribution in [3.05, 3.63) is 80.7 Å². The number of nitro benzene ring substituents is 1. The third kappa shape index (κ3) is 3.93. The van der Waals surface area contributed by atoms with Gasteiger partial charge >= 0.3 is 0 Å². The molecule has 0 saturated carbocycles. The fourth-order valence-electron chi connectivity index (χ4n) is 3.50. The Bertz CT molecular complexity index is 1560. The maximum Gasteiger partial charge on any atom is 0.287 e. The van der Waals surface area contributed by atoms with Crippen LogP contribution in [-0.4, -0.2) is 32.4 Å². The zero-order valence-electron chi connectivity index (χ0n) is 17.7. The lowest BCUT2D eigenvalue weighted by Crippen LogP contribution is -2.10. The van der Waals surface area contributed by atoms with E-state index in [1.165, 1.54) is 10.9 Å². The number of aromatic nitrogens is 3. The summed E-state index contributed by atoms with van der Waals surface area (Å²) in [5.74, 6) is 0.303. The average molecular weight is 494 g/mol. The highest BCUT2D eigenvalue weighted by Gasteiger charge is 2.23. The molecule has 0 radical (unpaired) electrons. The average Bonchev–Trinajstić information content (AvgIpc) is 3.40. The number of thiophene rings is 1. The molecule has 2 heterocycles. The van der Waals surface area contributed by atoms with E-state index in [-0.39, 0.29) is 15.6 Å². The van der Waals surface area contributed by atoms with E-state index in [0.717, 1.165) is 22.8 Å². The van der Waals surface area contributed by atoms with Crippen LogP contribution in [0.25, 0.3) is 26.8 Å². The number of nitrogens with one attached hydrogen (secondary N) is 1. The Kier molecular flexibility index (Phi) is 5.60. The van der Waals surface area contributed by atoms with Gasteiger partial charge in [-0.15, -0.1) is 21.5 Å². The van der Waals surface area contributed by atoms with Crippen molar-refractivity contribution < 1.29 is 14.5 Å². The van der Waals surface area contributed by atoms with Gasteiger partial charge in [0.05, 0.1) is 22.2 Å². The number of amides is 1. The minimum atomic E-state index is -0.488. The first-order chi connectivity index (χ1) is 16.4. The molecule has 0 unspecified atom stereocenters. The van der Waals surface area contributed by atoms with E-state index in [2.05, 4.69) is 15.5 Å². The predicted molar refractivity (Wildman–Crippen MR) is 131 cm³/mol. The molecule has 0 aliphatic carbocycles. The van der Waals surface area contributed by atoms with E-state index >= 15 is 0 Å². The van der Waals surface area contributed by atoms with Gasteiger partial charge in [-0.1, -0.05) is 23.7 Å². The maximum absolute atomic E-state index is 12.9. The summed E-state index contributed by atoms with van der Waals surface area (Å²) in [5.41, 5.74) is 2.42. The molecule has 1 N–H and O–H groups in total. The molecule has 34 heavy (non-hydrogen) atoms. The number of non-ortho nitro benzene ring substituents is 1. The lowest BCUT2D eigenvalue weighted by Gasteiger charge is -2.03. The lowest BCUT2D eigenvalue weighted by atomic mass is 10.2. The second-order valence-corrected chi connectivity index (χ2v) is 8.63. The molecular weight excluding hydrogens is 478 g/mol. The van der Waals surface area contributed by atoms with E-state index in [9.17, 15) is 14.9 Å². The van der Waals surface area contributed by atoms with Crippen molar-refractivity contribution in [2.24, 2.45) is 0 Å². The molecule has 0 spiro atoms. The number of carbonyl (C=O) groups excluding carboxylic acids is 1. The standard InChI is InChI=1S/C23H16ClN5O4S/c1-2-33-15-9-7-14(8-10-15)28-26-17-11-6-13(12-18(17)27-28)25-23(30)22-20(24)16-4-3-5-19(29(31)32)21(16)34-22/h3-12H,2H2,1H3,(H,25,30). The summed E-state index contributed by atoms with van der Waals surface area (Å²) in [6.07, 6.45) is 0. The Morgan fingerprint density at radius 1 is 1.15 bits per heavy atom. The van der Waals surface area contributed by atoms with Crippen molar-refractivity contribution in [3.8, 4) is 11.4 Å². The van der Waals surface area contributed by atoms with Gasteiger partial charge in [0.15, 0.2) is 0 Å². The summed E-state index contributed by atoms with van der Waals surface area (Å²) in [7, 11) is 0. The summed E-state index contributed by atoms with van der Waals surface area (Å²) in [6.45, 7) is 2.51. The predicted octanol–water partition coefficient (Wildman–Crippen LogP) is 5.85. The Hall–Kier alpha value is -4.02. The van der Waals surface area contributed by atoms with Gasteiger partial charge < -0.3 is 10.1 Å². The first-order valence-electron chi connectivity index (χ1n) is 10.2. The van der Waals surface area contributed by atoms with Crippen molar-refractivity contribution in [3.63, 3.8) is 0 Å². The minimum Gasteiger partial charge on any atom is -0.494 e. The Morgan fingerprint density at radius 3 is 2.65 bits per heavy atom. The molecule has 0 aliphatic heterocycles. The highest BCUT2D eigenvalue weighted by Crippen LogP contribution is 2.40. The second-order valence-electron chi connectivity index (χ2n) is 7.23. The number of nitro groups is 1. The molecule has 5 rings (SSSR count). The maximum atomic E-state index is 12.9. The molecule has 11 heteroatoms. The molecule has 0 bridgehead atoms. The van der Waals surface area contributed by atoms with Gasteiger partial charge in [-0.25, -0.2) is 0 Å². The Morgan fingerprint density at radius 2 is 1.91 bits per heavy atom. The van der Waals surface area contributed by atoms with Crippen LogP contribution in [0.15, 0.2) is 60.7 Å². The monoisotopic (exact) mass is 493 g/mol. The largest absolute Gasteiger partial charge is 0.494 e. The van der Waals surface area contributed by atoms with Gasteiger partial charge in [-0.05, 0) is 49.4 Å². The molecular formula is C23H16ClN5O4S. The van der Waals surface area contributed by atoms with Gasteiger partial charge in [-0.3, -0.25) is 14.9 Å². The van der Waals surface area contributed by atoms with Crippen molar-refractivity contribution in [1.82, 2.24) is 15.0 Å². The molecule has 0 atom stereocenters. The van der Waals surface area contributed by atoms with E-state index in [1.807, 2.05) is 31.2 Å². The van der Waals surface area contributed by atoms with Crippen LogP contribution in [0.1, 0.15) is 16.6 Å². The number of ether oxygens (including phenoxy) is 1. The molecule has 170 valence electrons. The zero-order chi connectivity index (χ0) is 23.8. The molecule has 0 fully saturated rings. The van der Waals surface area contributed by atoms with E-state index < -0.39 is 10.8 Å². The Balaban J connectivity index is 1.42. The number of carbonyl (C=O) groups is 1. The summed E-state index contributed by atoms with van der Waals surface area (Å²) < 4.78 is 5.82. The van der Waals surface area contributed by atoms with Gasteiger partial charge in [0, 0.05) is 17.1 Å². The van der Waals surface area contributed by atoms with Crippen molar-refractivity contribution in [1.29, 1.82) is 0 Å². The highest BCUT2D eigenvalue weighted by atomic mass is 35.5. The topological polar surface area (TPSA) is 112 Å². The van der Waals surface area contributed by atoms with Gasteiger partial charge in [0.2, 0.25) is 0 Å². The fraction of sp³-hybridized carbons (Fsp3) is 0.0870. The molecule has 5 aromatic rings. The fourth-order valence-corrected chi connectivity index (χ4v) is 4.99. The number of hydrogen-bond acceptors (Lipinski definition) is 7. The van der Waals surface area contributed by atoms with Gasteiger partial charge in [0.1, 0.15) is 26.4 Å². The van der Waals surface area contributed by atoms with Crippen LogP contribution in [-0.2, 0) is 0 Å².